The molecule has 0 aromatic rings. The van der Waals surface area contributed by atoms with E-state index in [0.29, 0.717) is 24.2 Å². The topological polar surface area (TPSA) is 64.6 Å². The van der Waals surface area contributed by atoms with E-state index >= 15 is 0 Å². The maximum absolute atomic E-state index is 14.1. The second-order valence-corrected chi connectivity index (χ2v) is 18.5. The lowest BCUT2D eigenvalue weighted by Gasteiger charge is -2.35. The van der Waals surface area contributed by atoms with Gasteiger partial charge in [0.1, 0.15) is 0 Å². The number of hydrogen-bond acceptors (Lipinski definition) is 7. The number of alkyl halides is 4. The van der Waals surface area contributed by atoms with Crippen LogP contribution in [0, 0.1) is 0 Å². The van der Waals surface area contributed by atoms with Gasteiger partial charge in [-0.3, -0.25) is 0 Å². The second-order valence-electron chi connectivity index (χ2n) is 7.20. The molecule has 0 fully saturated rings. The summed E-state index contributed by atoms with van der Waals surface area (Å²) in [5.74, 6) is -4.36. The van der Waals surface area contributed by atoms with Gasteiger partial charge in [-0.1, -0.05) is 24.7 Å². The maximum Gasteiger partial charge on any atom is 0.499 e. The Labute approximate surface area is 177 Å². The molecule has 30 heavy (non-hydrogen) atoms. The van der Waals surface area contributed by atoms with Crippen molar-refractivity contribution in [1.82, 2.24) is 0 Å². The van der Waals surface area contributed by atoms with Crippen LogP contribution in [0.1, 0.15) is 6.42 Å². The lowest BCUT2D eigenvalue weighted by atomic mass is 10.2. The summed E-state index contributed by atoms with van der Waals surface area (Å²) in [6.45, 7) is 1.79. The molecule has 0 aromatic carbocycles. The van der Waals surface area contributed by atoms with Crippen LogP contribution in [0.15, 0.2) is 0 Å². The van der Waals surface area contributed by atoms with E-state index in [-0.39, 0.29) is 6.04 Å². The van der Waals surface area contributed by atoms with E-state index in [1.54, 1.807) is 6.55 Å². The quantitative estimate of drug-likeness (QED) is 0.229. The minimum Gasteiger partial charge on any atom is -0.377 e. The van der Waals surface area contributed by atoms with E-state index < -0.39 is 44.1 Å². The van der Waals surface area contributed by atoms with Gasteiger partial charge in [0.05, 0.1) is 8.07 Å². The summed E-state index contributed by atoms with van der Waals surface area (Å²) in [7, 11) is -0.177. The molecule has 0 aliphatic carbocycles. The summed E-state index contributed by atoms with van der Waals surface area (Å²) in [4.78, 5) is 2.72. The lowest BCUT2D eigenvalue weighted by Crippen LogP contribution is -2.48. The standard InChI is InChI=1S/C15H33F5O7Si3/c1-21-29(22-2,23-3)12-10-28(7,11-13-30(24-4,25-5)26-6)9-8-14(16,27-20)15(17,18)19/h8-13H2,1-7H3. The third kappa shape index (κ3) is 7.86. The molecular formula is C15H33F5O7Si3. The molecule has 0 radical (unpaired) electrons. The van der Waals surface area contributed by atoms with Crippen molar-refractivity contribution in [3.05, 3.63) is 0 Å². The summed E-state index contributed by atoms with van der Waals surface area (Å²) >= 11 is 0. The van der Waals surface area contributed by atoms with Crippen LogP contribution in [0.5, 0.6) is 0 Å². The normalized spacial score (nSPS) is 16.0. The Morgan fingerprint density at radius 1 is 0.600 bits per heavy atom. The van der Waals surface area contributed by atoms with Crippen molar-refractivity contribution < 1.29 is 53.6 Å². The molecular weight excluding hydrogens is 471 g/mol. The number of halogens is 5. The van der Waals surface area contributed by atoms with E-state index in [2.05, 4.69) is 4.94 Å². The van der Waals surface area contributed by atoms with Crippen LogP contribution in [-0.2, 0) is 31.5 Å². The van der Waals surface area contributed by atoms with E-state index in [0.717, 1.165) is 0 Å². The molecule has 0 bridgehead atoms. The molecule has 0 N–H and O–H groups in total. The Balaban J connectivity index is 5.62. The van der Waals surface area contributed by atoms with E-state index in [4.69, 9.17) is 26.6 Å². The zero-order valence-electron chi connectivity index (χ0n) is 18.5. The van der Waals surface area contributed by atoms with Gasteiger partial charge >= 0.3 is 29.6 Å². The highest BCUT2D eigenvalue weighted by molar-refractivity contribution is 6.81. The summed E-state index contributed by atoms with van der Waals surface area (Å²) in [6.07, 6.45) is -6.66. The average molecular weight is 505 g/mol. The van der Waals surface area contributed by atoms with Crippen LogP contribution in [0.4, 0.5) is 22.1 Å². The second kappa shape index (κ2) is 12.3. The molecule has 1 unspecified atom stereocenters. The van der Waals surface area contributed by atoms with Gasteiger partial charge in [-0.15, -0.1) is 4.94 Å². The summed E-state index contributed by atoms with van der Waals surface area (Å²) in [5, 5.41) is 0. The summed E-state index contributed by atoms with van der Waals surface area (Å²) in [5.41, 5.74) is 0. The van der Waals surface area contributed by atoms with E-state index in [1.807, 2.05) is 0 Å². The monoisotopic (exact) mass is 504 g/mol. The van der Waals surface area contributed by atoms with Crippen molar-refractivity contribution in [2.75, 3.05) is 42.7 Å². The van der Waals surface area contributed by atoms with Crippen molar-refractivity contribution in [2.24, 2.45) is 0 Å². The molecule has 0 saturated carbocycles. The molecule has 0 aromatic heterocycles. The van der Waals surface area contributed by atoms with Crippen LogP contribution < -0.4 is 0 Å². The smallest absolute Gasteiger partial charge is 0.377 e. The minimum atomic E-state index is -5.49. The van der Waals surface area contributed by atoms with Crippen LogP contribution in [0.3, 0.4) is 0 Å². The molecule has 0 rings (SSSR count). The molecule has 0 heterocycles. The van der Waals surface area contributed by atoms with E-state index in [1.165, 1.54) is 42.7 Å². The molecule has 7 nitrogen and oxygen atoms in total. The van der Waals surface area contributed by atoms with Crippen molar-refractivity contribution in [3.8, 4) is 0 Å². The van der Waals surface area contributed by atoms with Gasteiger partial charge in [0.2, 0.25) is 0 Å². The highest BCUT2D eigenvalue weighted by Crippen LogP contribution is 2.42. The molecule has 0 saturated heterocycles. The van der Waals surface area contributed by atoms with Crippen LogP contribution >= 0.6 is 0 Å². The van der Waals surface area contributed by atoms with E-state index in [9.17, 15) is 22.1 Å². The van der Waals surface area contributed by atoms with Gasteiger partial charge in [-0.2, -0.15) is 17.6 Å². The Kier molecular flexibility index (Phi) is 12.3. The molecule has 0 aliphatic rings. The summed E-state index contributed by atoms with van der Waals surface area (Å²) in [6, 6.07) is 1.17. The van der Waals surface area contributed by atoms with Crippen LogP contribution in [-0.4, -0.2) is 80.4 Å². The number of hydrogen-bond donors (Lipinski definition) is 0. The van der Waals surface area contributed by atoms with Crippen molar-refractivity contribution in [3.63, 3.8) is 0 Å². The highest BCUT2D eigenvalue weighted by atomic mass is 28.4. The predicted octanol–water partition coefficient (Wildman–Crippen LogP) is 4.34. The third-order valence-electron chi connectivity index (χ3n) is 5.53. The summed E-state index contributed by atoms with van der Waals surface area (Å²) < 4.78 is 97.6. The zero-order valence-corrected chi connectivity index (χ0v) is 21.5. The van der Waals surface area contributed by atoms with Crippen LogP contribution in [0.2, 0.25) is 36.8 Å². The van der Waals surface area contributed by atoms with Gasteiger partial charge in [-0.05, 0) is 4.53 Å². The van der Waals surface area contributed by atoms with Crippen molar-refractivity contribution >= 4 is 25.7 Å². The first-order chi connectivity index (χ1) is 13.8. The molecule has 182 valence electrons. The van der Waals surface area contributed by atoms with Crippen molar-refractivity contribution in [2.45, 2.75) is 55.2 Å². The fraction of sp³-hybridized carbons (Fsp3) is 1.00. The van der Waals surface area contributed by atoms with Gasteiger partial charge < -0.3 is 26.6 Å². The van der Waals surface area contributed by atoms with Gasteiger partial charge in [0, 0.05) is 61.2 Å². The third-order valence-corrected chi connectivity index (χ3v) is 16.4. The maximum atomic E-state index is 14.1. The molecule has 1 atom stereocenters. The first-order valence-electron chi connectivity index (χ1n) is 9.16. The first-order valence-corrected chi connectivity index (χ1v) is 16.1. The Bertz CT molecular complexity index is 455. The Morgan fingerprint density at radius 3 is 1.17 bits per heavy atom. The predicted molar refractivity (Wildman–Crippen MR) is 106 cm³/mol. The highest BCUT2D eigenvalue weighted by Gasteiger charge is 2.59. The number of rotatable bonds is 16. The first kappa shape index (κ1) is 30.0. The molecule has 15 heteroatoms. The lowest BCUT2D eigenvalue weighted by molar-refractivity contribution is -0.402. The fourth-order valence-electron chi connectivity index (χ4n) is 3.08. The largest absolute Gasteiger partial charge is 0.499 e. The SMILES string of the molecule is CO[Si](CC[Si](C)(CCC(F)(OF)C(F)(F)F)CC[Si](OC)(OC)OC)(OC)OC. The molecule has 0 spiro atoms. The van der Waals surface area contributed by atoms with Gasteiger partial charge in [0.15, 0.2) is 0 Å². The van der Waals surface area contributed by atoms with Crippen LogP contribution in [0.25, 0.3) is 0 Å². The van der Waals surface area contributed by atoms with Gasteiger partial charge in [-0.25, -0.2) is 0 Å². The molecule has 0 aliphatic heterocycles. The zero-order chi connectivity index (χ0) is 23.7. The van der Waals surface area contributed by atoms with Gasteiger partial charge in [0.25, 0.3) is 0 Å². The van der Waals surface area contributed by atoms with Crippen molar-refractivity contribution in [1.29, 1.82) is 0 Å². The Morgan fingerprint density at radius 2 is 0.933 bits per heavy atom. The average Bonchev–Trinajstić information content (AvgIpc) is 2.74. The minimum absolute atomic E-state index is 0.212. The Hall–Kier alpha value is 0.0206. The fourth-order valence-corrected chi connectivity index (χ4v) is 14.3. The molecule has 0 amide bonds.